The first-order valence-electron chi connectivity index (χ1n) is 4.18. The lowest BCUT2D eigenvalue weighted by molar-refractivity contribution is -0.130. The summed E-state index contributed by atoms with van der Waals surface area (Å²) in [6, 6.07) is 5.69. The summed E-state index contributed by atoms with van der Waals surface area (Å²) in [5.74, 6) is -0.172. The van der Waals surface area contributed by atoms with Crippen LogP contribution in [0.15, 0.2) is 24.3 Å². The number of halogens is 1. The number of ether oxygens (including phenoxy) is 1. The highest BCUT2D eigenvalue weighted by atomic mass is 19.1. The Bertz CT molecular complexity index is 326. The zero-order valence-electron chi connectivity index (χ0n) is 8.16. The van der Waals surface area contributed by atoms with Crippen LogP contribution in [-0.4, -0.2) is 31.5 Å². The number of likely N-dealkylation sites (N-methyl/N-ethyl adjacent to an activating group) is 1. The van der Waals surface area contributed by atoms with Crippen molar-refractivity contribution in [3.8, 4) is 5.75 Å². The maximum absolute atomic E-state index is 12.7. The monoisotopic (exact) mass is 197 g/mol. The van der Waals surface area contributed by atoms with Crippen LogP contribution in [0.25, 0.3) is 0 Å². The van der Waals surface area contributed by atoms with Crippen molar-refractivity contribution in [2.75, 3.05) is 20.7 Å². The van der Waals surface area contributed by atoms with Gasteiger partial charge in [0.2, 0.25) is 0 Å². The standard InChI is InChI=1S/C10H12FNO2/c1-12(2)10(13)7-14-9-5-3-4-8(11)6-9/h3-6H,7H2,1-2H3. The van der Waals surface area contributed by atoms with Gasteiger partial charge < -0.3 is 9.64 Å². The molecule has 1 amide bonds. The predicted molar refractivity (Wildman–Crippen MR) is 50.6 cm³/mol. The molecule has 0 aliphatic rings. The van der Waals surface area contributed by atoms with E-state index in [0.717, 1.165) is 0 Å². The molecule has 0 bridgehead atoms. The molecule has 3 nitrogen and oxygen atoms in total. The van der Waals surface area contributed by atoms with Crippen LogP contribution in [0.3, 0.4) is 0 Å². The topological polar surface area (TPSA) is 29.5 Å². The highest BCUT2D eigenvalue weighted by Crippen LogP contribution is 2.11. The Hall–Kier alpha value is -1.58. The molecule has 0 saturated carbocycles. The molecule has 14 heavy (non-hydrogen) atoms. The van der Waals surface area contributed by atoms with Crippen LogP contribution in [0.1, 0.15) is 0 Å². The molecule has 0 N–H and O–H groups in total. The first-order valence-corrected chi connectivity index (χ1v) is 4.18. The van der Waals surface area contributed by atoms with Crippen LogP contribution in [0.2, 0.25) is 0 Å². The van der Waals surface area contributed by atoms with Crippen molar-refractivity contribution in [3.05, 3.63) is 30.1 Å². The van der Waals surface area contributed by atoms with Gasteiger partial charge in [-0.25, -0.2) is 4.39 Å². The van der Waals surface area contributed by atoms with E-state index >= 15 is 0 Å². The van der Waals surface area contributed by atoms with Crippen LogP contribution in [0.5, 0.6) is 5.75 Å². The molecule has 0 heterocycles. The number of carbonyl (C=O) groups excluding carboxylic acids is 1. The fourth-order valence-corrected chi connectivity index (χ4v) is 0.831. The number of benzene rings is 1. The maximum Gasteiger partial charge on any atom is 0.259 e. The van der Waals surface area contributed by atoms with Gasteiger partial charge in [0.15, 0.2) is 6.61 Å². The summed E-state index contributed by atoms with van der Waals surface area (Å²) < 4.78 is 17.8. The molecule has 0 aliphatic heterocycles. The van der Waals surface area contributed by atoms with Gasteiger partial charge in [-0.15, -0.1) is 0 Å². The Morgan fingerprint density at radius 2 is 2.21 bits per heavy atom. The Morgan fingerprint density at radius 1 is 1.50 bits per heavy atom. The van der Waals surface area contributed by atoms with E-state index in [9.17, 15) is 9.18 Å². The summed E-state index contributed by atoms with van der Waals surface area (Å²) in [6.45, 7) is -0.0730. The normalized spacial score (nSPS) is 9.64. The second-order valence-electron chi connectivity index (χ2n) is 3.03. The Labute approximate surface area is 82.1 Å². The molecule has 76 valence electrons. The second-order valence-corrected chi connectivity index (χ2v) is 3.03. The van der Waals surface area contributed by atoms with E-state index in [2.05, 4.69) is 0 Å². The molecule has 0 unspecified atom stereocenters. The van der Waals surface area contributed by atoms with Gasteiger partial charge >= 0.3 is 0 Å². The van der Waals surface area contributed by atoms with Gasteiger partial charge in [0.25, 0.3) is 5.91 Å². The van der Waals surface area contributed by atoms with Crippen LogP contribution in [0.4, 0.5) is 4.39 Å². The molecular weight excluding hydrogens is 185 g/mol. The molecule has 0 atom stereocenters. The summed E-state index contributed by atoms with van der Waals surface area (Å²) in [4.78, 5) is 12.5. The molecule has 0 fully saturated rings. The number of amides is 1. The zero-order chi connectivity index (χ0) is 10.6. The van der Waals surface area contributed by atoms with Crippen LogP contribution >= 0.6 is 0 Å². The Kier molecular flexibility index (Phi) is 3.45. The summed E-state index contributed by atoms with van der Waals surface area (Å²) in [5.41, 5.74) is 0. The SMILES string of the molecule is CN(C)C(=O)COc1cccc(F)c1. The van der Waals surface area contributed by atoms with Crippen molar-refractivity contribution in [1.29, 1.82) is 0 Å². The van der Waals surface area contributed by atoms with Gasteiger partial charge in [-0.3, -0.25) is 4.79 Å². The van der Waals surface area contributed by atoms with Crippen molar-refractivity contribution in [2.45, 2.75) is 0 Å². The van der Waals surface area contributed by atoms with E-state index in [4.69, 9.17) is 4.74 Å². The minimum Gasteiger partial charge on any atom is -0.484 e. The molecular formula is C10H12FNO2. The molecule has 1 aromatic rings. The summed E-state index contributed by atoms with van der Waals surface area (Å²) >= 11 is 0. The molecule has 0 saturated heterocycles. The smallest absolute Gasteiger partial charge is 0.259 e. The number of hydrogen-bond acceptors (Lipinski definition) is 2. The van der Waals surface area contributed by atoms with E-state index in [1.807, 2.05) is 0 Å². The summed E-state index contributed by atoms with van der Waals surface area (Å²) in [5, 5.41) is 0. The fourth-order valence-electron chi connectivity index (χ4n) is 0.831. The number of carbonyl (C=O) groups is 1. The molecule has 0 spiro atoms. The third kappa shape index (κ3) is 3.05. The summed E-state index contributed by atoms with van der Waals surface area (Å²) in [7, 11) is 3.27. The average molecular weight is 197 g/mol. The lowest BCUT2D eigenvalue weighted by Crippen LogP contribution is -2.27. The third-order valence-corrected chi connectivity index (χ3v) is 1.66. The van der Waals surface area contributed by atoms with Gasteiger partial charge in [0, 0.05) is 20.2 Å². The number of rotatable bonds is 3. The van der Waals surface area contributed by atoms with E-state index in [1.165, 1.54) is 23.1 Å². The fraction of sp³-hybridized carbons (Fsp3) is 0.300. The van der Waals surface area contributed by atoms with Crippen molar-refractivity contribution in [1.82, 2.24) is 4.90 Å². The first kappa shape index (κ1) is 10.5. The molecule has 0 aromatic heterocycles. The minimum absolute atomic E-state index is 0.0730. The van der Waals surface area contributed by atoms with Gasteiger partial charge in [0.1, 0.15) is 11.6 Å². The highest BCUT2D eigenvalue weighted by Gasteiger charge is 2.04. The second kappa shape index (κ2) is 4.60. The Morgan fingerprint density at radius 3 is 2.79 bits per heavy atom. The van der Waals surface area contributed by atoms with Gasteiger partial charge in [-0.2, -0.15) is 0 Å². The van der Waals surface area contributed by atoms with E-state index < -0.39 is 0 Å². The van der Waals surface area contributed by atoms with E-state index in [-0.39, 0.29) is 18.3 Å². The minimum atomic E-state index is -0.375. The highest BCUT2D eigenvalue weighted by molar-refractivity contribution is 5.77. The molecule has 1 rings (SSSR count). The molecule has 0 aliphatic carbocycles. The van der Waals surface area contributed by atoms with Gasteiger partial charge in [-0.1, -0.05) is 6.07 Å². The predicted octanol–water partition coefficient (Wildman–Crippen LogP) is 1.29. The van der Waals surface area contributed by atoms with Gasteiger partial charge in [-0.05, 0) is 12.1 Å². The first-order chi connectivity index (χ1) is 6.59. The Balaban J connectivity index is 2.50. The van der Waals surface area contributed by atoms with E-state index in [0.29, 0.717) is 5.75 Å². The zero-order valence-corrected chi connectivity index (χ0v) is 8.16. The molecule has 1 aromatic carbocycles. The number of hydrogen-bond donors (Lipinski definition) is 0. The van der Waals surface area contributed by atoms with Crippen LogP contribution < -0.4 is 4.74 Å². The average Bonchev–Trinajstić information content (AvgIpc) is 2.14. The largest absolute Gasteiger partial charge is 0.484 e. The van der Waals surface area contributed by atoms with Crippen LogP contribution in [0, 0.1) is 5.82 Å². The molecule has 0 radical (unpaired) electrons. The quantitative estimate of drug-likeness (QED) is 0.730. The third-order valence-electron chi connectivity index (χ3n) is 1.66. The van der Waals surface area contributed by atoms with Crippen molar-refractivity contribution in [2.24, 2.45) is 0 Å². The lowest BCUT2D eigenvalue weighted by Gasteiger charge is -2.11. The van der Waals surface area contributed by atoms with Crippen molar-refractivity contribution >= 4 is 5.91 Å². The van der Waals surface area contributed by atoms with Crippen molar-refractivity contribution in [3.63, 3.8) is 0 Å². The summed E-state index contributed by atoms with van der Waals surface area (Å²) in [6.07, 6.45) is 0. The maximum atomic E-state index is 12.7. The van der Waals surface area contributed by atoms with Crippen LogP contribution in [-0.2, 0) is 4.79 Å². The van der Waals surface area contributed by atoms with Gasteiger partial charge in [0.05, 0.1) is 0 Å². The van der Waals surface area contributed by atoms with Crippen molar-refractivity contribution < 1.29 is 13.9 Å². The lowest BCUT2D eigenvalue weighted by atomic mass is 10.3. The van der Waals surface area contributed by atoms with E-state index in [1.54, 1.807) is 20.2 Å². The molecule has 4 heteroatoms. The number of nitrogens with zero attached hydrogens (tertiary/aromatic N) is 1.